The number of nitrogens with zero attached hydrogens (tertiary/aromatic N) is 1. The van der Waals surface area contributed by atoms with Gasteiger partial charge in [-0.15, -0.1) is 0 Å². The van der Waals surface area contributed by atoms with Crippen LogP contribution >= 0.6 is 0 Å². The van der Waals surface area contributed by atoms with Crippen LogP contribution in [-0.2, 0) is 19.1 Å². The monoisotopic (exact) mass is 363 g/mol. The highest BCUT2D eigenvalue weighted by atomic mass is 16.5. The first-order valence-electron chi connectivity index (χ1n) is 8.66. The lowest BCUT2D eigenvalue weighted by molar-refractivity contribution is -0.151. The van der Waals surface area contributed by atoms with E-state index >= 15 is 0 Å². The van der Waals surface area contributed by atoms with Crippen molar-refractivity contribution in [1.82, 2.24) is 10.2 Å². The molecule has 26 heavy (non-hydrogen) atoms. The summed E-state index contributed by atoms with van der Waals surface area (Å²) >= 11 is 0. The van der Waals surface area contributed by atoms with Gasteiger partial charge in [-0.1, -0.05) is 6.92 Å². The molecule has 1 aromatic rings. The number of hydrogen-bond donors (Lipinski definition) is 2. The topological polar surface area (TPSA) is 97.0 Å². The molecule has 8 heteroatoms. The highest BCUT2D eigenvalue weighted by Crippen LogP contribution is 2.15. The van der Waals surface area contributed by atoms with Crippen LogP contribution < -0.4 is 15.4 Å². The Bertz CT molecular complexity index is 632. The van der Waals surface area contributed by atoms with Crippen molar-refractivity contribution in [2.45, 2.75) is 25.8 Å². The fourth-order valence-electron chi connectivity index (χ4n) is 2.64. The smallest absolute Gasteiger partial charge is 0.308 e. The molecule has 1 heterocycles. The minimum Gasteiger partial charge on any atom is -0.497 e. The maximum Gasteiger partial charge on any atom is 0.308 e. The summed E-state index contributed by atoms with van der Waals surface area (Å²) in [4.78, 5) is 38.0. The normalized spacial score (nSPS) is 16.6. The molecule has 2 amide bonds. The van der Waals surface area contributed by atoms with Gasteiger partial charge >= 0.3 is 5.97 Å². The van der Waals surface area contributed by atoms with Crippen molar-refractivity contribution in [3.05, 3.63) is 24.3 Å². The first kappa shape index (κ1) is 19.6. The van der Waals surface area contributed by atoms with Crippen molar-refractivity contribution in [2.24, 2.45) is 0 Å². The largest absolute Gasteiger partial charge is 0.497 e. The average molecular weight is 363 g/mol. The summed E-state index contributed by atoms with van der Waals surface area (Å²) in [5.41, 5.74) is 0.763. The number of benzene rings is 1. The molecule has 0 aliphatic carbocycles. The lowest BCUT2D eigenvalue weighted by Gasteiger charge is -2.34. The molecule has 142 valence electrons. The van der Waals surface area contributed by atoms with Gasteiger partial charge in [-0.25, -0.2) is 0 Å². The Kier molecular flexibility index (Phi) is 7.25. The number of carbonyl (C=O) groups excluding carboxylic acids is 3. The zero-order chi connectivity index (χ0) is 18.9. The summed E-state index contributed by atoms with van der Waals surface area (Å²) in [5, 5.41) is 5.71. The van der Waals surface area contributed by atoms with Gasteiger partial charge < -0.3 is 25.0 Å². The Labute approximate surface area is 152 Å². The third kappa shape index (κ3) is 5.37. The number of rotatable bonds is 8. The van der Waals surface area contributed by atoms with Crippen molar-refractivity contribution in [1.29, 1.82) is 0 Å². The van der Waals surface area contributed by atoms with Gasteiger partial charge in [-0.2, -0.15) is 0 Å². The van der Waals surface area contributed by atoms with Crippen LogP contribution in [0, 0.1) is 0 Å². The van der Waals surface area contributed by atoms with Crippen LogP contribution in [0.4, 0.5) is 5.69 Å². The summed E-state index contributed by atoms with van der Waals surface area (Å²) in [7, 11) is 1.58. The van der Waals surface area contributed by atoms with Gasteiger partial charge in [-0.05, 0) is 30.7 Å². The predicted molar refractivity (Wildman–Crippen MR) is 95.9 cm³/mol. The minimum atomic E-state index is -0.835. The summed E-state index contributed by atoms with van der Waals surface area (Å²) in [5.74, 6) is -0.332. The number of ether oxygens (including phenoxy) is 2. The molecule has 1 saturated heterocycles. The van der Waals surface area contributed by atoms with Gasteiger partial charge in [0.15, 0.2) is 0 Å². The number of methoxy groups -OCH3 is 1. The maximum atomic E-state index is 12.6. The SMILES string of the molecule is CCCOC(=O)CC1C(=O)NCCN1C(=O)CNc1ccc(OC)cc1. The molecular formula is C18H25N3O5. The van der Waals surface area contributed by atoms with Crippen LogP contribution in [0.2, 0.25) is 0 Å². The highest BCUT2D eigenvalue weighted by molar-refractivity contribution is 5.93. The quantitative estimate of drug-likeness (QED) is 0.663. The van der Waals surface area contributed by atoms with Crippen LogP contribution in [0.1, 0.15) is 19.8 Å². The molecule has 0 saturated carbocycles. The number of esters is 1. The van der Waals surface area contributed by atoms with E-state index in [0.29, 0.717) is 26.1 Å². The van der Waals surface area contributed by atoms with E-state index in [0.717, 1.165) is 11.4 Å². The summed E-state index contributed by atoms with van der Waals surface area (Å²) in [6, 6.07) is 6.34. The van der Waals surface area contributed by atoms with Gasteiger partial charge in [0.1, 0.15) is 11.8 Å². The van der Waals surface area contributed by atoms with E-state index in [9.17, 15) is 14.4 Å². The lowest BCUT2D eigenvalue weighted by Crippen LogP contribution is -2.58. The standard InChI is InChI=1S/C18H25N3O5/c1-3-10-26-17(23)11-15-18(24)19-8-9-21(15)16(22)12-20-13-4-6-14(25-2)7-5-13/h4-7,15,20H,3,8-12H2,1-2H3,(H,19,24). The molecular weight excluding hydrogens is 338 g/mol. The van der Waals surface area contributed by atoms with Gasteiger partial charge in [-0.3, -0.25) is 14.4 Å². The number of anilines is 1. The first-order chi connectivity index (χ1) is 12.5. The Morgan fingerprint density at radius 2 is 2.04 bits per heavy atom. The molecule has 1 atom stereocenters. The molecule has 8 nitrogen and oxygen atoms in total. The van der Waals surface area contributed by atoms with E-state index in [2.05, 4.69) is 10.6 Å². The number of hydrogen-bond acceptors (Lipinski definition) is 6. The Morgan fingerprint density at radius 1 is 1.31 bits per heavy atom. The van der Waals surface area contributed by atoms with Crippen LogP contribution in [0.5, 0.6) is 5.75 Å². The lowest BCUT2D eigenvalue weighted by atomic mass is 10.1. The Morgan fingerprint density at radius 3 is 2.69 bits per heavy atom. The summed E-state index contributed by atoms with van der Waals surface area (Å²) in [6.07, 6.45) is 0.567. The van der Waals surface area contributed by atoms with E-state index in [1.807, 2.05) is 6.92 Å². The fraction of sp³-hybridized carbons (Fsp3) is 0.500. The van der Waals surface area contributed by atoms with Crippen molar-refractivity contribution in [3.63, 3.8) is 0 Å². The van der Waals surface area contributed by atoms with Gasteiger partial charge in [0, 0.05) is 18.8 Å². The van der Waals surface area contributed by atoms with E-state index in [4.69, 9.17) is 9.47 Å². The number of nitrogens with one attached hydrogen (secondary N) is 2. The molecule has 0 radical (unpaired) electrons. The second kappa shape index (κ2) is 9.65. The zero-order valence-electron chi connectivity index (χ0n) is 15.1. The number of piperazine rings is 1. The molecule has 1 fully saturated rings. The molecule has 2 rings (SSSR count). The summed E-state index contributed by atoms with van der Waals surface area (Å²) in [6.45, 7) is 2.95. The maximum absolute atomic E-state index is 12.6. The zero-order valence-corrected chi connectivity index (χ0v) is 15.1. The van der Waals surface area contributed by atoms with Crippen molar-refractivity contribution in [2.75, 3.05) is 38.7 Å². The van der Waals surface area contributed by atoms with E-state index in [1.165, 1.54) is 4.90 Å². The molecule has 0 aromatic heterocycles. The minimum absolute atomic E-state index is 0.0279. The second-order valence-electron chi connectivity index (χ2n) is 5.90. The Hall–Kier alpha value is -2.77. The second-order valence-corrected chi connectivity index (χ2v) is 5.90. The van der Waals surface area contributed by atoms with Crippen LogP contribution in [0.3, 0.4) is 0 Å². The third-order valence-corrected chi connectivity index (χ3v) is 4.01. The van der Waals surface area contributed by atoms with E-state index < -0.39 is 12.0 Å². The van der Waals surface area contributed by atoms with Crippen LogP contribution in [0.25, 0.3) is 0 Å². The van der Waals surface area contributed by atoms with Gasteiger partial charge in [0.05, 0.1) is 26.7 Å². The van der Waals surface area contributed by atoms with Crippen molar-refractivity contribution in [3.8, 4) is 5.75 Å². The van der Waals surface area contributed by atoms with Gasteiger partial charge in [0.25, 0.3) is 0 Å². The van der Waals surface area contributed by atoms with Crippen molar-refractivity contribution >= 4 is 23.5 Å². The molecule has 1 aliphatic rings. The molecule has 0 bridgehead atoms. The molecule has 0 spiro atoms. The summed E-state index contributed by atoms with van der Waals surface area (Å²) < 4.78 is 10.1. The fourth-order valence-corrected chi connectivity index (χ4v) is 2.64. The van der Waals surface area contributed by atoms with Crippen LogP contribution in [0.15, 0.2) is 24.3 Å². The average Bonchev–Trinajstić information content (AvgIpc) is 2.66. The molecule has 1 aliphatic heterocycles. The van der Waals surface area contributed by atoms with E-state index in [-0.39, 0.29) is 24.8 Å². The first-order valence-corrected chi connectivity index (χ1v) is 8.66. The van der Waals surface area contributed by atoms with Crippen LogP contribution in [-0.4, -0.2) is 62.1 Å². The molecule has 1 aromatic carbocycles. The number of carbonyl (C=O) groups is 3. The van der Waals surface area contributed by atoms with Crippen molar-refractivity contribution < 1.29 is 23.9 Å². The predicted octanol–water partition coefficient (Wildman–Crippen LogP) is 0.777. The third-order valence-electron chi connectivity index (χ3n) is 4.01. The number of amides is 2. The highest BCUT2D eigenvalue weighted by Gasteiger charge is 2.34. The van der Waals surface area contributed by atoms with Gasteiger partial charge in [0.2, 0.25) is 11.8 Å². The molecule has 2 N–H and O–H groups in total. The van der Waals surface area contributed by atoms with E-state index in [1.54, 1.807) is 31.4 Å². The molecule has 1 unspecified atom stereocenters. The Balaban J connectivity index is 1.94.